The summed E-state index contributed by atoms with van der Waals surface area (Å²) < 4.78 is 0. The number of carbonyl (C=O) groups is 2. The maximum Gasteiger partial charge on any atom is 0.310 e. The molecule has 0 aromatic heterocycles. The Bertz CT molecular complexity index is 238. The highest BCUT2D eigenvalue weighted by atomic mass is 16.4. The summed E-state index contributed by atoms with van der Waals surface area (Å²) in [5, 5.41) is 25.8. The van der Waals surface area contributed by atoms with Crippen LogP contribution in [0.2, 0.25) is 0 Å². The Labute approximate surface area is 122 Å². The van der Waals surface area contributed by atoms with Gasteiger partial charge in [-0.1, -0.05) is 52.4 Å². The summed E-state index contributed by atoms with van der Waals surface area (Å²) in [6.45, 7) is 3.35. The van der Waals surface area contributed by atoms with Gasteiger partial charge in [-0.05, 0) is 6.42 Å². The minimum Gasteiger partial charge on any atom is -0.851 e. The van der Waals surface area contributed by atoms with Crippen LogP contribution in [0.25, 0.3) is 0 Å². The molecule has 0 saturated carbocycles. The third-order valence-electron chi connectivity index (χ3n) is 2.66. The number of unbranched alkanes of at least 4 members (excludes halogenated alkanes) is 6. The van der Waals surface area contributed by atoms with E-state index < -0.39 is 12.1 Å². The Morgan fingerprint density at radius 2 is 1.50 bits per heavy atom. The lowest BCUT2D eigenvalue weighted by Crippen LogP contribution is -2.24. The summed E-state index contributed by atoms with van der Waals surface area (Å²) in [5.74, 6) is -1.15. The van der Waals surface area contributed by atoms with Crippen LogP contribution in [0.5, 0.6) is 0 Å². The topological polar surface area (TPSA) is 97.7 Å². The van der Waals surface area contributed by atoms with Crippen LogP contribution in [0.15, 0.2) is 0 Å². The van der Waals surface area contributed by atoms with E-state index in [2.05, 4.69) is 6.92 Å². The van der Waals surface area contributed by atoms with Crippen LogP contribution in [0.4, 0.5) is 0 Å². The van der Waals surface area contributed by atoms with Crippen molar-refractivity contribution in [3.8, 4) is 0 Å². The van der Waals surface area contributed by atoms with Crippen LogP contribution in [-0.4, -0.2) is 34.7 Å². The predicted octanol–water partition coefficient (Wildman–Crippen LogP) is 1.90. The number of aliphatic carboxylic acids is 1. The lowest BCUT2D eigenvalue weighted by Gasteiger charge is -2.08. The number of hydrogen-bond acceptors (Lipinski definition) is 4. The first-order valence-electron chi connectivity index (χ1n) is 7.44. The number of carboxylic acid groups (broad SMARTS) is 1. The molecule has 0 aromatic rings. The molecule has 5 nitrogen and oxygen atoms in total. The Hall–Kier alpha value is -0.940. The fourth-order valence-electron chi connectivity index (χ4n) is 1.54. The van der Waals surface area contributed by atoms with Gasteiger partial charge in [0, 0.05) is 13.0 Å². The average Bonchev–Trinajstić information content (AvgIpc) is 2.37. The highest BCUT2D eigenvalue weighted by Crippen LogP contribution is 2.09. The third-order valence-corrected chi connectivity index (χ3v) is 2.66. The number of ketones is 1. The van der Waals surface area contributed by atoms with E-state index >= 15 is 0 Å². The first-order chi connectivity index (χ1) is 9.43. The molecule has 0 bridgehead atoms. The molecule has 0 aliphatic heterocycles. The standard InChI is InChI=1S/C12H22O3.C3H7O2/c1-2-3-4-5-6-7-8-9-11(13)10-12(14)15;1-3(5)2-4/h2-10H2,1H3,(H,14,15);3-4H,2H2,1H3/q;-1. The highest BCUT2D eigenvalue weighted by Gasteiger charge is 2.06. The van der Waals surface area contributed by atoms with Gasteiger partial charge in [0.25, 0.3) is 0 Å². The second-order valence-corrected chi connectivity index (χ2v) is 4.97. The molecule has 0 fully saturated rings. The summed E-state index contributed by atoms with van der Waals surface area (Å²) in [7, 11) is 0. The maximum atomic E-state index is 11.0. The fourth-order valence-corrected chi connectivity index (χ4v) is 1.54. The molecule has 1 atom stereocenters. The van der Waals surface area contributed by atoms with E-state index in [-0.39, 0.29) is 18.8 Å². The van der Waals surface area contributed by atoms with Crippen LogP contribution < -0.4 is 5.11 Å². The van der Waals surface area contributed by atoms with Gasteiger partial charge in [0.05, 0.1) is 0 Å². The molecule has 0 rings (SSSR count). The normalized spacial score (nSPS) is 11.4. The van der Waals surface area contributed by atoms with Crippen molar-refractivity contribution in [3.05, 3.63) is 0 Å². The number of rotatable bonds is 11. The second-order valence-electron chi connectivity index (χ2n) is 4.97. The molecule has 0 heterocycles. The fraction of sp³-hybridized carbons (Fsp3) is 0.867. The molecule has 0 aliphatic rings. The Morgan fingerprint density at radius 3 is 1.90 bits per heavy atom. The number of Topliss-reactive ketones (excluding diaryl/α,β-unsaturated/α-hetero) is 1. The SMILES string of the molecule is CC([O-])CO.CCCCCCCCCC(=O)CC(=O)O. The van der Waals surface area contributed by atoms with Crippen molar-refractivity contribution in [1.82, 2.24) is 0 Å². The van der Waals surface area contributed by atoms with Gasteiger partial charge in [-0.15, -0.1) is 6.10 Å². The van der Waals surface area contributed by atoms with E-state index in [1.807, 2.05) is 0 Å². The van der Waals surface area contributed by atoms with Crippen molar-refractivity contribution in [3.63, 3.8) is 0 Å². The lowest BCUT2D eigenvalue weighted by atomic mass is 10.1. The third kappa shape index (κ3) is 22.3. The monoisotopic (exact) mass is 289 g/mol. The van der Waals surface area contributed by atoms with Gasteiger partial charge in [0.15, 0.2) is 0 Å². The van der Waals surface area contributed by atoms with Gasteiger partial charge in [-0.25, -0.2) is 0 Å². The van der Waals surface area contributed by atoms with Crippen molar-refractivity contribution >= 4 is 11.8 Å². The van der Waals surface area contributed by atoms with Crippen LogP contribution in [0, 0.1) is 0 Å². The first kappa shape index (κ1) is 21.4. The van der Waals surface area contributed by atoms with E-state index in [1.54, 1.807) is 0 Å². The van der Waals surface area contributed by atoms with Crippen LogP contribution in [0.3, 0.4) is 0 Å². The van der Waals surface area contributed by atoms with Crippen molar-refractivity contribution < 1.29 is 24.9 Å². The molecule has 0 aliphatic carbocycles. The number of hydrogen-bond donors (Lipinski definition) is 2. The molecule has 0 aromatic carbocycles. The molecule has 120 valence electrons. The largest absolute Gasteiger partial charge is 0.851 e. The predicted molar refractivity (Wildman–Crippen MR) is 76.4 cm³/mol. The van der Waals surface area contributed by atoms with Crippen molar-refractivity contribution in [1.29, 1.82) is 0 Å². The van der Waals surface area contributed by atoms with Crippen molar-refractivity contribution in [2.75, 3.05) is 6.61 Å². The lowest BCUT2D eigenvalue weighted by molar-refractivity contribution is -0.419. The van der Waals surface area contributed by atoms with E-state index in [9.17, 15) is 14.7 Å². The number of aliphatic hydroxyl groups is 1. The van der Waals surface area contributed by atoms with Gasteiger partial charge >= 0.3 is 5.97 Å². The van der Waals surface area contributed by atoms with E-state index in [0.717, 1.165) is 12.8 Å². The number of carboxylic acids is 1. The van der Waals surface area contributed by atoms with Gasteiger partial charge < -0.3 is 15.3 Å². The first-order valence-corrected chi connectivity index (χ1v) is 7.44. The van der Waals surface area contributed by atoms with Crippen LogP contribution >= 0.6 is 0 Å². The molecule has 2 N–H and O–H groups in total. The summed E-state index contributed by atoms with van der Waals surface area (Å²) >= 11 is 0. The van der Waals surface area contributed by atoms with Crippen molar-refractivity contribution in [2.24, 2.45) is 0 Å². The Kier molecular flexibility index (Phi) is 17.2. The summed E-state index contributed by atoms with van der Waals surface area (Å²) in [4.78, 5) is 21.2. The molecule has 5 heteroatoms. The average molecular weight is 289 g/mol. The molecule has 0 amide bonds. The van der Waals surface area contributed by atoms with Gasteiger partial charge in [0.1, 0.15) is 12.2 Å². The molecular weight excluding hydrogens is 260 g/mol. The smallest absolute Gasteiger partial charge is 0.310 e. The van der Waals surface area contributed by atoms with E-state index in [4.69, 9.17) is 10.2 Å². The highest BCUT2D eigenvalue weighted by molar-refractivity contribution is 5.94. The second kappa shape index (κ2) is 16.1. The van der Waals surface area contributed by atoms with Gasteiger partial charge in [-0.3, -0.25) is 9.59 Å². The minimum atomic E-state index is -1.01. The van der Waals surface area contributed by atoms with Gasteiger partial charge in [0.2, 0.25) is 0 Å². The molecular formula is C15H29O5-. The molecule has 20 heavy (non-hydrogen) atoms. The summed E-state index contributed by atoms with van der Waals surface area (Å²) in [6.07, 6.45) is 7.43. The van der Waals surface area contributed by atoms with E-state index in [0.29, 0.717) is 6.42 Å². The molecule has 0 radical (unpaired) electrons. The Balaban J connectivity index is 0. The molecule has 0 spiro atoms. The number of carbonyl (C=O) groups excluding carboxylic acids is 1. The maximum absolute atomic E-state index is 11.0. The summed E-state index contributed by atoms with van der Waals surface area (Å²) in [6, 6.07) is 0. The minimum absolute atomic E-state index is 0.143. The zero-order valence-electron chi connectivity index (χ0n) is 12.8. The quantitative estimate of drug-likeness (QED) is 0.447. The number of aliphatic hydroxyl groups excluding tert-OH is 1. The van der Waals surface area contributed by atoms with Crippen LogP contribution in [0.1, 0.15) is 71.6 Å². The zero-order valence-corrected chi connectivity index (χ0v) is 12.8. The van der Waals surface area contributed by atoms with E-state index in [1.165, 1.54) is 39.0 Å². The Morgan fingerprint density at radius 1 is 1.05 bits per heavy atom. The molecule has 0 saturated heterocycles. The van der Waals surface area contributed by atoms with Crippen LogP contribution in [-0.2, 0) is 9.59 Å². The molecule has 1 unspecified atom stereocenters. The van der Waals surface area contributed by atoms with Gasteiger partial charge in [-0.2, -0.15) is 0 Å². The summed E-state index contributed by atoms with van der Waals surface area (Å²) in [5.41, 5.74) is 0. The zero-order chi connectivity index (χ0) is 15.8. The van der Waals surface area contributed by atoms with Crippen molar-refractivity contribution in [2.45, 2.75) is 77.7 Å².